The van der Waals surface area contributed by atoms with Gasteiger partial charge in [-0.2, -0.15) is 5.26 Å². The normalized spacial score (nSPS) is 15.0. The van der Waals surface area contributed by atoms with Crippen molar-refractivity contribution in [1.29, 1.82) is 5.26 Å². The molecule has 5 nitrogen and oxygen atoms in total. The zero-order chi connectivity index (χ0) is 16.8. The first-order valence-electron chi connectivity index (χ1n) is 8.47. The molecule has 2 aromatic rings. The smallest absolute Gasteiger partial charge is 0.269 e. The van der Waals surface area contributed by atoms with Crippen LogP contribution in [0.1, 0.15) is 35.3 Å². The van der Waals surface area contributed by atoms with Gasteiger partial charge in [-0.15, -0.1) is 0 Å². The van der Waals surface area contributed by atoms with E-state index in [-0.39, 0.29) is 5.91 Å². The molecule has 1 aliphatic heterocycles. The maximum Gasteiger partial charge on any atom is 0.269 e. The highest BCUT2D eigenvalue weighted by molar-refractivity contribution is 5.95. The van der Waals surface area contributed by atoms with E-state index in [0.717, 1.165) is 25.3 Å². The van der Waals surface area contributed by atoms with Crippen LogP contribution in [-0.4, -0.2) is 41.6 Å². The molecule has 0 saturated carbocycles. The van der Waals surface area contributed by atoms with E-state index >= 15 is 0 Å². The number of carbonyl (C=O) groups excluding carboxylic acids is 1. The summed E-state index contributed by atoms with van der Waals surface area (Å²) in [6, 6.07) is 13.4. The molecule has 24 heavy (non-hydrogen) atoms. The predicted molar refractivity (Wildman–Crippen MR) is 93.1 cm³/mol. The summed E-state index contributed by atoms with van der Waals surface area (Å²) in [5, 5.41) is 12.3. The standard InChI is InChI=1S/C19H22N4O/c20-15-16-9-13-23(17-7-3-1-4-8-17)18(16)19(24)21-10-14-22-11-5-2-6-12-22/h1,3-4,7-9,13H,2,5-6,10-12,14H2,(H,21,24). The zero-order valence-corrected chi connectivity index (χ0v) is 13.7. The van der Waals surface area contributed by atoms with Crippen LogP contribution in [0, 0.1) is 11.3 Å². The number of aromatic nitrogens is 1. The lowest BCUT2D eigenvalue weighted by atomic mass is 10.1. The van der Waals surface area contributed by atoms with Gasteiger partial charge >= 0.3 is 0 Å². The van der Waals surface area contributed by atoms with Crippen LogP contribution < -0.4 is 5.32 Å². The minimum Gasteiger partial charge on any atom is -0.349 e. The molecule has 2 heterocycles. The number of likely N-dealkylation sites (tertiary alicyclic amines) is 1. The van der Waals surface area contributed by atoms with Crippen LogP contribution in [0.3, 0.4) is 0 Å². The number of rotatable bonds is 5. The van der Waals surface area contributed by atoms with Crippen LogP contribution >= 0.6 is 0 Å². The van der Waals surface area contributed by atoms with Gasteiger partial charge in [-0.1, -0.05) is 24.6 Å². The topological polar surface area (TPSA) is 61.1 Å². The van der Waals surface area contributed by atoms with Crippen molar-refractivity contribution in [2.24, 2.45) is 0 Å². The summed E-state index contributed by atoms with van der Waals surface area (Å²) in [6.45, 7) is 3.68. The summed E-state index contributed by atoms with van der Waals surface area (Å²) in [5.74, 6) is -0.197. The first-order valence-corrected chi connectivity index (χ1v) is 8.47. The molecule has 0 spiro atoms. The Morgan fingerprint density at radius 3 is 2.58 bits per heavy atom. The van der Waals surface area contributed by atoms with E-state index in [0.29, 0.717) is 17.8 Å². The minimum atomic E-state index is -0.197. The zero-order valence-electron chi connectivity index (χ0n) is 13.7. The molecule has 0 bridgehead atoms. The summed E-state index contributed by atoms with van der Waals surface area (Å²) in [5.41, 5.74) is 1.68. The molecular formula is C19H22N4O. The van der Waals surface area contributed by atoms with Gasteiger partial charge in [0.2, 0.25) is 0 Å². The number of amides is 1. The monoisotopic (exact) mass is 322 g/mol. The molecule has 5 heteroatoms. The Hall–Kier alpha value is -2.58. The third-order valence-electron chi connectivity index (χ3n) is 4.42. The summed E-state index contributed by atoms with van der Waals surface area (Å²) in [4.78, 5) is 15.0. The maximum absolute atomic E-state index is 12.6. The van der Waals surface area contributed by atoms with Crippen LogP contribution in [0.25, 0.3) is 5.69 Å². The Balaban J connectivity index is 1.70. The highest BCUT2D eigenvalue weighted by Crippen LogP contribution is 2.17. The van der Waals surface area contributed by atoms with E-state index in [1.165, 1.54) is 19.3 Å². The van der Waals surface area contributed by atoms with E-state index < -0.39 is 0 Å². The Bertz CT molecular complexity index is 724. The van der Waals surface area contributed by atoms with Gasteiger partial charge in [0.25, 0.3) is 5.91 Å². The summed E-state index contributed by atoms with van der Waals surface area (Å²) < 4.78 is 1.77. The summed E-state index contributed by atoms with van der Waals surface area (Å²) in [7, 11) is 0. The van der Waals surface area contributed by atoms with Crippen molar-refractivity contribution < 1.29 is 4.79 Å². The second-order valence-corrected chi connectivity index (χ2v) is 6.05. The molecule has 1 aromatic heterocycles. The number of piperidine rings is 1. The lowest BCUT2D eigenvalue weighted by Gasteiger charge is -2.26. The van der Waals surface area contributed by atoms with Crippen LogP contribution in [0.4, 0.5) is 0 Å². The molecule has 1 N–H and O–H groups in total. The number of benzene rings is 1. The van der Waals surface area contributed by atoms with Crippen LogP contribution in [0.5, 0.6) is 0 Å². The highest BCUT2D eigenvalue weighted by atomic mass is 16.1. The fraction of sp³-hybridized carbons (Fsp3) is 0.368. The first kappa shape index (κ1) is 16.3. The number of nitrogens with zero attached hydrogens (tertiary/aromatic N) is 3. The SMILES string of the molecule is N#Cc1ccn(-c2ccccc2)c1C(=O)NCCN1CCCCC1. The number of nitrogens with one attached hydrogen (secondary N) is 1. The number of nitriles is 1. The second kappa shape index (κ2) is 7.80. The number of carbonyl (C=O) groups is 1. The average molecular weight is 322 g/mol. The Morgan fingerprint density at radius 2 is 1.88 bits per heavy atom. The molecule has 0 radical (unpaired) electrons. The number of hydrogen-bond donors (Lipinski definition) is 1. The van der Waals surface area contributed by atoms with Crippen molar-refractivity contribution in [2.75, 3.05) is 26.2 Å². The maximum atomic E-state index is 12.6. The predicted octanol–water partition coefficient (Wildman–Crippen LogP) is 2.56. The largest absolute Gasteiger partial charge is 0.349 e. The van der Waals surface area contributed by atoms with Gasteiger partial charge in [0.15, 0.2) is 0 Å². The van der Waals surface area contributed by atoms with E-state index in [2.05, 4.69) is 16.3 Å². The molecular weight excluding hydrogens is 300 g/mol. The molecule has 0 atom stereocenters. The molecule has 1 aliphatic rings. The van der Waals surface area contributed by atoms with Gasteiger partial charge in [-0.25, -0.2) is 0 Å². The van der Waals surface area contributed by atoms with Crippen molar-refractivity contribution in [3.8, 4) is 11.8 Å². The lowest BCUT2D eigenvalue weighted by Crippen LogP contribution is -2.38. The van der Waals surface area contributed by atoms with Gasteiger partial charge < -0.3 is 14.8 Å². The molecule has 1 aromatic carbocycles. The molecule has 1 amide bonds. The fourth-order valence-corrected chi connectivity index (χ4v) is 3.15. The molecule has 0 unspecified atom stereocenters. The van der Waals surface area contributed by atoms with E-state index in [1.54, 1.807) is 16.8 Å². The minimum absolute atomic E-state index is 0.197. The number of para-hydroxylation sites is 1. The third kappa shape index (κ3) is 3.66. The van der Waals surface area contributed by atoms with Crippen LogP contribution in [-0.2, 0) is 0 Å². The summed E-state index contributed by atoms with van der Waals surface area (Å²) >= 11 is 0. The molecule has 1 saturated heterocycles. The Morgan fingerprint density at radius 1 is 1.12 bits per heavy atom. The van der Waals surface area contributed by atoms with Crippen molar-refractivity contribution in [3.63, 3.8) is 0 Å². The van der Waals surface area contributed by atoms with Gasteiger partial charge in [0, 0.05) is 25.0 Å². The lowest BCUT2D eigenvalue weighted by molar-refractivity contribution is 0.0939. The van der Waals surface area contributed by atoms with Gasteiger partial charge in [-0.3, -0.25) is 4.79 Å². The third-order valence-corrected chi connectivity index (χ3v) is 4.42. The van der Waals surface area contributed by atoms with E-state index in [1.807, 2.05) is 30.3 Å². The quantitative estimate of drug-likeness (QED) is 0.920. The average Bonchev–Trinajstić information content (AvgIpc) is 3.07. The molecule has 0 aliphatic carbocycles. The number of hydrogen-bond acceptors (Lipinski definition) is 3. The summed E-state index contributed by atoms with van der Waals surface area (Å²) in [6.07, 6.45) is 5.55. The van der Waals surface area contributed by atoms with Crippen molar-refractivity contribution in [1.82, 2.24) is 14.8 Å². The Labute approximate surface area is 142 Å². The van der Waals surface area contributed by atoms with Gasteiger partial charge in [0.05, 0.1) is 5.56 Å². The first-order chi connectivity index (χ1) is 11.8. The fourth-order valence-electron chi connectivity index (χ4n) is 3.15. The van der Waals surface area contributed by atoms with Crippen LogP contribution in [0.15, 0.2) is 42.6 Å². The van der Waals surface area contributed by atoms with Crippen molar-refractivity contribution >= 4 is 5.91 Å². The molecule has 3 rings (SSSR count). The molecule has 1 fully saturated rings. The highest BCUT2D eigenvalue weighted by Gasteiger charge is 2.18. The van der Waals surface area contributed by atoms with Crippen LogP contribution in [0.2, 0.25) is 0 Å². The van der Waals surface area contributed by atoms with Crippen molar-refractivity contribution in [3.05, 3.63) is 53.9 Å². The van der Waals surface area contributed by atoms with E-state index in [4.69, 9.17) is 0 Å². The molecule has 124 valence electrons. The Kier molecular flexibility index (Phi) is 5.29. The van der Waals surface area contributed by atoms with Gasteiger partial charge in [0.1, 0.15) is 11.8 Å². The second-order valence-electron chi connectivity index (χ2n) is 6.05. The van der Waals surface area contributed by atoms with Gasteiger partial charge in [-0.05, 0) is 44.1 Å². The van der Waals surface area contributed by atoms with Crippen molar-refractivity contribution in [2.45, 2.75) is 19.3 Å². The van der Waals surface area contributed by atoms with E-state index in [9.17, 15) is 10.1 Å².